The molecule has 0 spiro atoms. The highest BCUT2D eigenvalue weighted by Crippen LogP contribution is 2.32. The zero-order valence-corrected chi connectivity index (χ0v) is 12.5. The first-order chi connectivity index (χ1) is 8.65. The molecule has 6 heteroatoms. The molecule has 0 unspecified atom stereocenters. The number of fused-ring (bicyclic) bond motifs is 3. The van der Waals surface area contributed by atoms with Gasteiger partial charge in [0.25, 0.3) is 0 Å². The van der Waals surface area contributed by atoms with Crippen LogP contribution in [0, 0.1) is 9.49 Å². The van der Waals surface area contributed by atoms with Crippen molar-refractivity contribution in [3.63, 3.8) is 0 Å². The first-order valence-electron chi connectivity index (χ1n) is 6.40. The van der Waals surface area contributed by atoms with Gasteiger partial charge in [-0.1, -0.05) is 0 Å². The van der Waals surface area contributed by atoms with Gasteiger partial charge in [0, 0.05) is 18.3 Å². The summed E-state index contributed by atoms with van der Waals surface area (Å²) >= 11 is 2.16. The Hall–Kier alpha value is -0.630. The maximum Gasteiger partial charge on any atom is 0.342 e. The molecule has 2 atom stereocenters. The van der Waals surface area contributed by atoms with E-state index in [0.29, 0.717) is 12.0 Å². The molecule has 1 aromatic rings. The van der Waals surface area contributed by atoms with Gasteiger partial charge in [0.1, 0.15) is 0 Å². The minimum atomic E-state index is -0.108. The molecule has 1 aromatic heterocycles. The van der Waals surface area contributed by atoms with Gasteiger partial charge in [0.05, 0.1) is 9.77 Å². The van der Waals surface area contributed by atoms with Crippen LogP contribution in [0.5, 0.6) is 0 Å². The van der Waals surface area contributed by atoms with Crippen molar-refractivity contribution in [2.24, 2.45) is 5.92 Å². The Balaban J connectivity index is 1.71. The second kappa shape index (κ2) is 4.80. The second-order valence-electron chi connectivity index (χ2n) is 5.19. The molecule has 0 radical (unpaired) electrons. The minimum absolute atomic E-state index is 0.108. The molecule has 4 heterocycles. The third kappa shape index (κ3) is 2.16. The molecule has 0 aliphatic carbocycles. The van der Waals surface area contributed by atoms with Crippen molar-refractivity contribution >= 4 is 28.6 Å². The van der Waals surface area contributed by atoms with E-state index < -0.39 is 0 Å². The van der Waals surface area contributed by atoms with Gasteiger partial charge >= 0.3 is 6.03 Å². The van der Waals surface area contributed by atoms with Gasteiger partial charge in [-0.05, 0) is 61.4 Å². The van der Waals surface area contributed by atoms with Crippen LogP contribution in [0.3, 0.4) is 0 Å². The molecule has 18 heavy (non-hydrogen) atoms. The van der Waals surface area contributed by atoms with E-state index in [1.54, 1.807) is 12.4 Å². The summed E-state index contributed by atoms with van der Waals surface area (Å²) in [6, 6.07) is 0.599. The molecular formula is C12H17IN4O. The van der Waals surface area contributed by atoms with Gasteiger partial charge in [-0.25, -0.2) is 4.79 Å². The van der Waals surface area contributed by atoms with Crippen molar-refractivity contribution in [3.05, 3.63) is 16.0 Å². The Bertz CT molecular complexity index is 451. The van der Waals surface area contributed by atoms with E-state index in [9.17, 15) is 4.79 Å². The number of nitrogens with one attached hydrogen (secondary N) is 1. The summed E-state index contributed by atoms with van der Waals surface area (Å²) in [7, 11) is 0. The van der Waals surface area contributed by atoms with E-state index in [0.717, 1.165) is 3.57 Å². The predicted octanol–water partition coefficient (Wildman–Crippen LogP) is 1.53. The number of carbonyl (C=O) groups is 1. The summed E-state index contributed by atoms with van der Waals surface area (Å²) in [6.07, 6.45) is 5.85. The molecule has 3 saturated heterocycles. The van der Waals surface area contributed by atoms with Crippen molar-refractivity contribution in [2.45, 2.75) is 31.8 Å². The number of carbonyl (C=O) groups excluding carboxylic acids is 1. The van der Waals surface area contributed by atoms with Crippen LogP contribution in [0.25, 0.3) is 0 Å². The molecule has 3 aliphatic rings. The van der Waals surface area contributed by atoms with E-state index in [-0.39, 0.29) is 12.1 Å². The number of amides is 1. The van der Waals surface area contributed by atoms with E-state index >= 15 is 0 Å². The van der Waals surface area contributed by atoms with Crippen LogP contribution in [-0.4, -0.2) is 45.9 Å². The van der Waals surface area contributed by atoms with Gasteiger partial charge in [-0.2, -0.15) is 9.78 Å². The third-order valence-corrected chi connectivity index (χ3v) is 4.78. The Kier molecular flexibility index (Phi) is 3.31. The molecule has 0 aromatic carbocycles. The monoisotopic (exact) mass is 356 g/mol. The molecular weight excluding hydrogens is 339 g/mol. The zero-order valence-electron chi connectivity index (χ0n) is 10.3. The number of piperidine rings is 3. The average molecular weight is 356 g/mol. The lowest BCUT2D eigenvalue weighted by molar-refractivity contribution is 0.0266. The first-order valence-corrected chi connectivity index (χ1v) is 7.48. The molecule has 1 amide bonds. The van der Waals surface area contributed by atoms with Crippen LogP contribution in [0.4, 0.5) is 4.79 Å². The number of hydrogen-bond donors (Lipinski definition) is 1. The lowest BCUT2D eigenvalue weighted by Gasteiger charge is -2.49. The van der Waals surface area contributed by atoms with Crippen LogP contribution in [0.2, 0.25) is 0 Å². The Morgan fingerprint density at radius 3 is 2.78 bits per heavy atom. The van der Waals surface area contributed by atoms with E-state index in [1.807, 2.05) is 0 Å². The predicted molar refractivity (Wildman–Crippen MR) is 76.4 cm³/mol. The summed E-state index contributed by atoms with van der Waals surface area (Å²) in [4.78, 5) is 14.6. The summed E-state index contributed by atoms with van der Waals surface area (Å²) in [6.45, 7) is 4.57. The first kappa shape index (κ1) is 12.4. The fraction of sp³-hybridized carbons (Fsp3) is 0.667. The van der Waals surface area contributed by atoms with Gasteiger partial charge in [-0.15, -0.1) is 0 Å². The number of nitrogens with zero attached hydrogens (tertiary/aromatic N) is 3. The summed E-state index contributed by atoms with van der Waals surface area (Å²) in [5, 5.41) is 7.20. The average Bonchev–Trinajstić information content (AvgIpc) is 2.81. The van der Waals surface area contributed by atoms with Crippen molar-refractivity contribution in [2.75, 3.05) is 13.1 Å². The normalized spacial score (nSPS) is 34.6. The smallest absolute Gasteiger partial charge is 0.332 e. The molecule has 3 fully saturated rings. The van der Waals surface area contributed by atoms with E-state index in [2.05, 4.69) is 44.8 Å². The van der Waals surface area contributed by atoms with Crippen LogP contribution in [0.1, 0.15) is 19.8 Å². The highest BCUT2D eigenvalue weighted by atomic mass is 123. The van der Waals surface area contributed by atoms with Crippen LogP contribution >= 0.6 is 22.6 Å². The maximum absolute atomic E-state index is 12.1. The molecule has 4 rings (SSSR count). The second-order valence-corrected chi connectivity index (χ2v) is 6.44. The van der Waals surface area contributed by atoms with Crippen molar-refractivity contribution in [1.82, 2.24) is 20.0 Å². The zero-order chi connectivity index (χ0) is 12.7. The Morgan fingerprint density at radius 1 is 1.50 bits per heavy atom. The molecule has 98 valence electrons. The fourth-order valence-corrected chi connectivity index (χ4v) is 3.55. The van der Waals surface area contributed by atoms with Crippen molar-refractivity contribution in [1.29, 1.82) is 0 Å². The van der Waals surface area contributed by atoms with Gasteiger partial charge in [-0.3, -0.25) is 4.90 Å². The lowest BCUT2D eigenvalue weighted by atomic mass is 9.79. The van der Waals surface area contributed by atoms with Gasteiger partial charge in [0.2, 0.25) is 0 Å². The SMILES string of the molecule is C[C@H]1[C@H](NC(=O)n2cc([123I])cn2)C2CCN1CC2. The van der Waals surface area contributed by atoms with Crippen LogP contribution < -0.4 is 5.32 Å². The molecule has 5 nitrogen and oxygen atoms in total. The summed E-state index contributed by atoms with van der Waals surface area (Å²) in [5.74, 6) is 0.628. The minimum Gasteiger partial charge on any atom is -0.332 e. The number of rotatable bonds is 1. The molecule has 0 saturated carbocycles. The lowest BCUT2D eigenvalue weighted by Crippen LogP contribution is -2.62. The highest BCUT2D eigenvalue weighted by molar-refractivity contribution is 14.1. The standard InChI is InChI=1S/C12H17IN4O/c1-8-11(9-2-4-16(8)5-3-9)15-12(18)17-7-10(13)6-14-17/h6-9,11H,2-5H2,1H3,(H,15,18)/t8-,11-/m0/s1/i13-4. The van der Waals surface area contributed by atoms with Crippen molar-refractivity contribution in [3.8, 4) is 0 Å². The highest BCUT2D eigenvalue weighted by Gasteiger charge is 2.40. The third-order valence-electron chi connectivity index (χ3n) is 4.23. The number of aromatic nitrogens is 2. The quantitative estimate of drug-likeness (QED) is 0.777. The van der Waals surface area contributed by atoms with Crippen LogP contribution in [-0.2, 0) is 0 Å². The van der Waals surface area contributed by atoms with Crippen molar-refractivity contribution < 1.29 is 4.79 Å². The fourth-order valence-electron chi connectivity index (χ4n) is 3.17. The molecule has 1 N–H and O–H groups in total. The van der Waals surface area contributed by atoms with Gasteiger partial charge < -0.3 is 5.32 Å². The van der Waals surface area contributed by atoms with Gasteiger partial charge in [0.15, 0.2) is 0 Å². The Morgan fingerprint density at radius 2 is 2.22 bits per heavy atom. The van der Waals surface area contributed by atoms with Crippen LogP contribution in [0.15, 0.2) is 12.4 Å². The maximum atomic E-state index is 12.1. The van der Waals surface area contributed by atoms with E-state index in [4.69, 9.17) is 0 Å². The Labute approximate surface area is 120 Å². The largest absolute Gasteiger partial charge is 0.342 e. The summed E-state index contributed by atoms with van der Waals surface area (Å²) in [5.41, 5.74) is 0. The van der Waals surface area contributed by atoms with E-state index in [1.165, 1.54) is 30.6 Å². The summed E-state index contributed by atoms with van der Waals surface area (Å²) < 4.78 is 2.37. The topological polar surface area (TPSA) is 50.2 Å². The molecule has 2 bridgehead atoms. The molecule has 3 aliphatic heterocycles. The number of halogens is 1. The number of hydrogen-bond acceptors (Lipinski definition) is 3.